The van der Waals surface area contributed by atoms with Crippen molar-refractivity contribution in [1.82, 2.24) is 0 Å². The minimum absolute atomic E-state index is 0.106. The molecule has 0 aromatic heterocycles. The van der Waals surface area contributed by atoms with Crippen molar-refractivity contribution in [3.8, 4) is 0 Å². The van der Waals surface area contributed by atoms with Crippen LogP contribution in [0.15, 0.2) is 30.3 Å². The number of benzene rings is 1. The number of hydrogen-bond donors (Lipinski definition) is 2. The number of ether oxygens (including phenoxy) is 6. The highest BCUT2D eigenvalue weighted by atomic mass is 16.6. The Bertz CT molecular complexity index is 1400. The summed E-state index contributed by atoms with van der Waals surface area (Å²) in [6.07, 6.45) is -7.98. The molecule has 3 aliphatic rings. The average Bonchev–Trinajstić information content (AvgIpc) is 3.18. The number of aliphatic hydroxyl groups is 2. The molecule has 10 atom stereocenters. The largest absolute Gasteiger partial charge is 0.464 e. The van der Waals surface area contributed by atoms with Gasteiger partial charge in [-0.2, -0.15) is 0 Å². The third kappa shape index (κ3) is 6.09. The molecule has 266 valence electrons. The highest BCUT2D eigenvalue weighted by Gasteiger charge is 2.88. The fourth-order valence-electron chi connectivity index (χ4n) is 7.88. The van der Waals surface area contributed by atoms with Gasteiger partial charge in [0, 0.05) is 20.3 Å². The van der Waals surface area contributed by atoms with Gasteiger partial charge in [0.15, 0.2) is 12.2 Å². The zero-order valence-corrected chi connectivity index (χ0v) is 29.0. The van der Waals surface area contributed by atoms with Gasteiger partial charge >= 0.3 is 29.8 Å². The molecule has 4 rings (SSSR count). The number of esters is 5. The fourth-order valence-corrected chi connectivity index (χ4v) is 7.88. The smallest absolute Gasteiger partial charge is 0.338 e. The summed E-state index contributed by atoms with van der Waals surface area (Å²) in [5, 5.41) is 24.9. The first kappa shape index (κ1) is 37.3. The minimum atomic E-state index is -2.24. The molecule has 2 unspecified atom stereocenters. The van der Waals surface area contributed by atoms with Crippen LogP contribution in [0.1, 0.15) is 85.5 Å². The third-order valence-electron chi connectivity index (χ3n) is 10.1. The second kappa shape index (κ2) is 13.4. The van der Waals surface area contributed by atoms with Gasteiger partial charge in [-0.25, -0.2) is 4.79 Å². The zero-order valence-electron chi connectivity index (χ0n) is 29.0. The van der Waals surface area contributed by atoms with Crippen molar-refractivity contribution < 1.29 is 62.6 Å². The van der Waals surface area contributed by atoms with Crippen LogP contribution in [0.4, 0.5) is 0 Å². The minimum Gasteiger partial charge on any atom is -0.464 e. The van der Waals surface area contributed by atoms with Crippen LogP contribution in [-0.4, -0.2) is 94.0 Å². The Morgan fingerprint density at radius 2 is 1.50 bits per heavy atom. The van der Waals surface area contributed by atoms with E-state index in [9.17, 15) is 34.2 Å². The lowest BCUT2D eigenvalue weighted by molar-refractivity contribution is -0.363. The van der Waals surface area contributed by atoms with E-state index in [4.69, 9.17) is 28.4 Å². The topological polar surface area (TPSA) is 181 Å². The van der Waals surface area contributed by atoms with E-state index < -0.39 is 113 Å². The summed E-state index contributed by atoms with van der Waals surface area (Å²) in [5.74, 6) is -6.34. The van der Waals surface area contributed by atoms with Crippen LogP contribution in [0, 0.1) is 23.2 Å². The number of carbonyl (C=O) groups is 5. The molecule has 2 bridgehead atoms. The molecule has 1 aliphatic heterocycles. The average molecular weight is 677 g/mol. The van der Waals surface area contributed by atoms with Crippen LogP contribution < -0.4 is 0 Å². The van der Waals surface area contributed by atoms with Gasteiger partial charge in [-0.05, 0) is 39.3 Å². The van der Waals surface area contributed by atoms with Crippen molar-refractivity contribution in [2.24, 2.45) is 23.2 Å². The van der Waals surface area contributed by atoms with Gasteiger partial charge in [-0.15, -0.1) is 0 Å². The summed E-state index contributed by atoms with van der Waals surface area (Å²) < 4.78 is 36.7. The zero-order chi connectivity index (χ0) is 36.0. The standard InChI is InChI=1S/C35H48O13/c1-10-19(4)30(40)43-17-34-27(45-21(6)37)23(44-20(5)36)16-33(9,42)35(34)26(38)24(32(7,8)48-35)25(46-29(39)18(2)3)28(34)47-31(41)22-14-12-11-13-15-22/h11-15,18-19,23-28,38,42H,10,16-17H2,1-9H3/t19?,23-,24+,25-,26?,27-,28+,33-,34-,35-/m0/s1. The quantitative estimate of drug-likeness (QED) is 0.273. The molecule has 1 spiro atoms. The highest BCUT2D eigenvalue weighted by molar-refractivity contribution is 5.89. The molecular formula is C35H48O13. The Hall–Kier alpha value is -3.55. The molecule has 1 saturated heterocycles. The van der Waals surface area contributed by atoms with Crippen molar-refractivity contribution in [1.29, 1.82) is 0 Å². The van der Waals surface area contributed by atoms with Gasteiger partial charge in [0.1, 0.15) is 29.8 Å². The summed E-state index contributed by atoms with van der Waals surface area (Å²) in [7, 11) is 0. The molecule has 48 heavy (non-hydrogen) atoms. The van der Waals surface area contributed by atoms with Crippen molar-refractivity contribution in [2.45, 2.75) is 122 Å². The molecule has 2 N–H and O–H groups in total. The van der Waals surface area contributed by atoms with E-state index in [1.165, 1.54) is 19.1 Å². The van der Waals surface area contributed by atoms with E-state index in [0.717, 1.165) is 13.8 Å². The normalized spacial score (nSPS) is 35.5. The Morgan fingerprint density at radius 1 is 0.896 bits per heavy atom. The molecule has 3 fully saturated rings. The number of rotatable bonds is 10. The Balaban J connectivity index is 2.13. The van der Waals surface area contributed by atoms with Crippen molar-refractivity contribution in [3.63, 3.8) is 0 Å². The van der Waals surface area contributed by atoms with Crippen molar-refractivity contribution in [2.75, 3.05) is 6.61 Å². The van der Waals surface area contributed by atoms with Gasteiger partial charge in [-0.3, -0.25) is 19.2 Å². The molecule has 2 saturated carbocycles. The van der Waals surface area contributed by atoms with Gasteiger partial charge < -0.3 is 38.6 Å². The molecule has 0 amide bonds. The third-order valence-corrected chi connectivity index (χ3v) is 10.1. The molecule has 0 radical (unpaired) electrons. The van der Waals surface area contributed by atoms with Gasteiger partial charge in [0.05, 0.1) is 40.6 Å². The Morgan fingerprint density at radius 3 is 2.04 bits per heavy atom. The molecule has 13 heteroatoms. The first-order chi connectivity index (χ1) is 22.3. The molecule has 1 aromatic rings. The van der Waals surface area contributed by atoms with Crippen LogP contribution in [-0.2, 0) is 47.6 Å². The van der Waals surface area contributed by atoms with E-state index in [2.05, 4.69) is 0 Å². The lowest BCUT2D eigenvalue weighted by atomic mass is 9.45. The monoisotopic (exact) mass is 676 g/mol. The van der Waals surface area contributed by atoms with E-state index >= 15 is 0 Å². The number of hydrogen-bond acceptors (Lipinski definition) is 13. The summed E-state index contributed by atoms with van der Waals surface area (Å²) in [6, 6.07) is 7.92. The van der Waals surface area contributed by atoms with E-state index in [-0.39, 0.29) is 5.56 Å². The number of fused-ring (bicyclic) bond motifs is 1. The molecular weight excluding hydrogens is 628 g/mol. The van der Waals surface area contributed by atoms with Gasteiger partial charge in [0.2, 0.25) is 0 Å². The van der Waals surface area contributed by atoms with E-state index in [1.807, 2.05) is 0 Å². The van der Waals surface area contributed by atoms with E-state index in [1.54, 1.807) is 59.7 Å². The van der Waals surface area contributed by atoms with Crippen LogP contribution in [0.25, 0.3) is 0 Å². The Labute approximate surface area is 280 Å². The van der Waals surface area contributed by atoms with Crippen molar-refractivity contribution >= 4 is 29.8 Å². The summed E-state index contributed by atoms with van der Waals surface area (Å²) >= 11 is 0. The first-order valence-corrected chi connectivity index (χ1v) is 16.4. The highest BCUT2D eigenvalue weighted by Crippen LogP contribution is 2.69. The summed E-state index contributed by atoms with van der Waals surface area (Å²) in [4.78, 5) is 66.1. The fraction of sp³-hybridized carbons (Fsp3) is 0.686. The first-order valence-electron chi connectivity index (χ1n) is 16.4. The summed E-state index contributed by atoms with van der Waals surface area (Å²) in [5.41, 5.74) is -7.86. The molecule has 2 aliphatic carbocycles. The second-order valence-electron chi connectivity index (χ2n) is 14.3. The van der Waals surface area contributed by atoms with E-state index in [0.29, 0.717) is 6.42 Å². The number of aliphatic hydroxyl groups excluding tert-OH is 1. The molecule has 13 nitrogen and oxygen atoms in total. The summed E-state index contributed by atoms with van der Waals surface area (Å²) in [6.45, 7) is 12.7. The predicted molar refractivity (Wildman–Crippen MR) is 167 cm³/mol. The van der Waals surface area contributed by atoms with Gasteiger partial charge in [0.25, 0.3) is 0 Å². The Kier molecular flexibility index (Phi) is 10.4. The van der Waals surface area contributed by atoms with Crippen LogP contribution in [0.5, 0.6) is 0 Å². The maximum absolute atomic E-state index is 14.0. The maximum atomic E-state index is 14.0. The lowest BCUT2D eigenvalue weighted by Crippen LogP contribution is -2.85. The predicted octanol–water partition coefficient (Wildman–Crippen LogP) is 2.91. The van der Waals surface area contributed by atoms with Gasteiger partial charge in [-0.1, -0.05) is 45.9 Å². The number of carbonyl (C=O) groups excluding carboxylic acids is 5. The maximum Gasteiger partial charge on any atom is 0.338 e. The SMILES string of the molecule is CCC(C)C(=O)OC[C@]12[C@H](OC(=O)c3ccccc3)[C@@H](OC(=O)C(C)C)[C@@H]3C(O)[C@]1(OC3(C)C)[C@@](C)(O)C[C@H](OC(C)=O)[C@@H]2OC(C)=O. The second-order valence-corrected chi connectivity index (χ2v) is 14.3. The van der Waals surface area contributed by atoms with Crippen molar-refractivity contribution in [3.05, 3.63) is 35.9 Å². The lowest BCUT2D eigenvalue weighted by Gasteiger charge is -2.66. The van der Waals surface area contributed by atoms with Crippen LogP contribution in [0.2, 0.25) is 0 Å². The van der Waals surface area contributed by atoms with Crippen LogP contribution >= 0.6 is 0 Å². The van der Waals surface area contributed by atoms with Crippen LogP contribution in [0.3, 0.4) is 0 Å². The molecule has 1 heterocycles. The molecule has 1 aromatic carbocycles.